The first-order valence-electron chi connectivity index (χ1n) is 7.72. The Bertz CT molecular complexity index is 810. The van der Waals surface area contributed by atoms with Crippen molar-refractivity contribution in [1.29, 1.82) is 5.26 Å². The van der Waals surface area contributed by atoms with Gasteiger partial charge in [0.2, 0.25) is 0 Å². The van der Waals surface area contributed by atoms with Crippen LogP contribution in [-0.2, 0) is 0 Å². The number of aromatic hydroxyl groups is 1. The van der Waals surface area contributed by atoms with Crippen LogP contribution in [0.25, 0.3) is 11.1 Å². The highest BCUT2D eigenvalue weighted by atomic mass is 32.2. The average molecular weight is 323 g/mol. The van der Waals surface area contributed by atoms with Gasteiger partial charge in [0.05, 0.1) is 35.1 Å². The van der Waals surface area contributed by atoms with Crippen molar-refractivity contribution < 1.29 is 5.11 Å². The summed E-state index contributed by atoms with van der Waals surface area (Å²) in [5, 5.41) is 19.1. The van der Waals surface area contributed by atoms with Crippen LogP contribution in [-0.4, -0.2) is 18.7 Å². The number of benzene rings is 2. The SMILES string of the molecule is CN1SN(CC2CC2)c2ccc(-c3cc(O)ccc3C#N)cc21. The first-order valence-corrected chi connectivity index (χ1v) is 8.45. The predicted molar refractivity (Wildman–Crippen MR) is 94.3 cm³/mol. The summed E-state index contributed by atoms with van der Waals surface area (Å²) in [6, 6.07) is 13.3. The third kappa shape index (κ3) is 2.60. The van der Waals surface area contributed by atoms with Crippen LogP contribution < -0.4 is 8.61 Å². The van der Waals surface area contributed by atoms with E-state index in [1.54, 1.807) is 30.3 Å². The van der Waals surface area contributed by atoms with Crippen molar-refractivity contribution in [3.05, 3.63) is 42.0 Å². The second-order valence-corrected chi connectivity index (χ2v) is 7.28. The Morgan fingerprint density at radius 1 is 1.22 bits per heavy atom. The van der Waals surface area contributed by atoms with Gasteiger partial charge in [-0.15, -0.1) is 0 Å². The lowest BCUT2D eigenvalue weighted by Crippen LogP contribution is -2.16. The third-order valence-corrected chi connectivity index (χ3v) is 5.34. The van der Waals surface area contributed by atoms with Crippen LogP contribution in [0.5, 0.6) is 5.75 Å². The summed E-state index contributed by atoms with van der Waals surface area (Å²) >= 11 is 1.73. The topological polar surface area (TPSA) is 50.5 Å². The lowest BCUT2D eigenvalue weighted by Gasteiger charge is -2.16. The van der Waals surface area contributed by atoms with E-state index >= 15 is 0 Å². The molecule has 0 radical (unpaired) electrons. The smallest absolute Gasteiger partial charge is 0.116 e. The summed E-state index contributed by atoms with van der Waals surface area (Å²) in [6.07, 6.45) is 2.67. The van der Waals surface area contributed by atoms with Gasteiger partial charge in [0, 0.05) is 19.2 Å². The normalized spacial score (nSPS) is 16.3. The quantitative estimate of drug-likeness (QED) is 0.860. The highest BCUT2D eigenvalue weighted by molar-refractivity contribution is 8.02. The number of rotatable bonds is 3. The van der Waals surface area contributed by atoms with Crippen LogP contribution in [0.15, 0.2) is 36.4 Å². The summed E-state index contributed by atoms with van der Waals surface area (Å²) in [5.74, 6) is 1.01. The minimum absolute atomic E-state index is 0.178. The Labute approximate surface area is 140 Å². The van der Waals surface area contributed by atoms with Gasteiger partial charge in [-0.1, -0.05) is 6.07 Å². The highest BCUT2D eigenvalue weighted by Crippen LogP contribution is 2.47. The fourth-order valence-corrected chi connectivity index (χ4v) is 3.97. The van der Waals surface area contributed by atoms with Crippen molar-refractivity contribution in [3.63, 3.8) is 0 Å². The maximum absolute atomic E-state index is 9.76. The number of fused-ring (bicyclic) bond motifs is 1. The Morgan fingerprint density at radius 3 is 2.78 bits per heavy atom. The molecule has 0 aromatic heterocycles. The number of hydrogen-bond acceptors (Lipinski definition) is 5. The zero-order chi connectivity index (χ0) is 16.0. The zero-order valence-electron chi connectivity index (χ0n) is 12.9. The third-order valence-electron chi connectivity index (χ3n) is 4.36. The van der Waals surface area contributed by atoms with E-state index in [1.165, 1.54) is 18.5 Å². The van der Waals surface area contributed by atoms with Crippen molar-refractivity contribution in [2.24, 2.45) is 5.92 Å². The Hall–Kier alpha value is -2.32. The highest BCUT2D eigenvalue weighted by Gasteiger charge is 2.31. The van der Waals surface area contributed by atoms with Crippen molar-refractivity contribution in [2.75, 3.05) is 22.2 Å². The largest absolute Gasteiger partial charge is 0.508 e. The zero-order valence-corrected chi connectivity index (χ0v) is 13.7. The molecule has 0 spiro atoms. The molecule has 5 heteroatoms. The molecule has 1 heterocycles. The molecule has 1 aliphatic heterocycles. The van der Waals surface area contributed by atoms with Crippen molar-refractivity contribution in [2.45, 2.75) is 12.8 Å². The molecule has 0 atom stereocenters. The molecule has 1 fully saturated rings. The molecular weight excluding hydrogens is 306 g/mol. The van der Waals surface area contributed by atoms with Gasteiger partial charge < -0.3 is 5.11 Å². The van der Waals surface area contributed by atoms with Crippen LogP contribution in [0.1, 0.15) is 18.4 Å². The maximum Gasteiger partial charge on any atom is 0.116 e. The van der Waals surface area contributed by atoms with E-state index in [9.17, 15) is 10.4 Å². The van der Waals surface area contributed by atoms with E-state index in [0.717, 1.165) is 29.3 Å². The summed E-state index contributed by atoms with van der Waals surface area (Å²) in [6.45, 7) is 1.09. The van der Waals surface area contributed by atoms with Crippen LogP contribution >= 0.6 is 12.1 Å². The van der Waals surface area contributed by atoms with Gasteiger partial charge in [-0.05, 0) is 54.7 Å². The molecule has 0 saturated heterocycles. The van der Waals surface area contributed by atoms with Crippen molar-refractivity contribution >= 4 is 23.5 Å². The van der Waals surface area contributed by atoms with Gasteiger partial charge in [-0.3, -0.25) is 8.61 Å². The number of phenols is 1. The lowest BCUT2D eigenvalue weighted by molar-refractivity contribution is 0.475. The molecular formula is C18H17N3OS. The van der Waals surface area contributed by atoms with Gasteiger partial charge in [0.15, 0.2) is 0 Å². The second-order valence-electron chi connectivity index (χ2n) is 6.13. The Kier molecular flexibility index (Phi) is 3.35. The van der Waals surface area contributed by atoms with E-state index in [4.69, 9.17) is 0 Å². The number of hydrogen-bond donors (Lipinski definition) is 1. The minimum atomic E-state index is 0.178. The fraction of sp³-hybridized carbons (Fsp3) is 0.278. The van der Waals surface area contributed by atoms with E-state index in [0.29, 0.717) is 5.56 Å². The monoisotopic (exact) mass is 323 g/mol. The van der Waals surface area contributed by atoms with E-state index in [1.807, 2.05) is 6.07 Å². The van der Waals surface area contributed by atoms with E-state index in [-0.39, 0.29) is 5.75 Å². The van der Waals surface area contributed by atoms with Gasteiger partial charge in [-0.25, -0.2) is 0 Å². The molecule has 2 aromatic carbocycles. The molecule has 1 N–H and O–H groups in total. The molecule has 4 nitrogen and oxygen atoms in total. The van der Waals surface area contributed by atoms with Crippen molar-refractivity contribution in [3.8, 4) is 22.9 Å². The number of nitriles is 1. The van der Waals surface area contributed by atoms with Crippen LogP contribution in [0, 0.1) is 17.2 Å². The van der Waals surface area contributed by atoms with Gasteiger partial charge >= 0.3 is 0 Å². The molecule has 2 aromatic rings. The number of nitrogens with zero attached hydrogens (tertiary/aromatic N) is 3. The lowest BCUT2D eigenvalue weighted by atomic mass is 9.99. The summed E-state index contributed by atoms with van der Waals surface area (Å²) in [7, 11) is 2.06. The summed E-state index contributed by atoms with van der Waals surface area (Å²) in [5.41, 5.74) is 4.68. The fourth-order valence-electron chi connectivity index (χ4n) is 2.93. The average Bonchev–Trinajstić information content (AvgIpc) is 3.32. The summed E-state index contributed by atoms with van der Waals surface area (Å²) < 4.78 is 4.51. The van der Waals surface area contributed by atoms with Crippen LogP contribution in [0.3, 0.4) is 0 Å². The first kappa shape index (κ1) is 14.3. The molecule has 1 aliphatic carbocycles. The number of phenolic OH excluding ortho intramolecular Hbond substituents is 1. The molecule has 2 aliphatic rings. The molecule has 116 valence electrons. The number of anilines is 2. The molecule has 0 amide bonds. The molecule has 23 heavy (non-hydrogen) atoms. The Balaban J connectivity index is 1.74. The minimum Gasteiger partial charge on any atom is -0.508 e. The van der Waals surface area contributed by atoms with Gasteiger partial charge in [0.1, 0.15) is 5.75 Å². The van der Waals surface area contributed by atoms with E-state index in [2.05, 4.69) is 33.9 Å². The maximum atomic E-state index is 9.76. The Morgan fingerprint density at radius 2 is 2.04 bits per heavy atom. The summed E-state index contributed by atoms with van der Waals surface area (Å²) in [4.78, 5) is 0. The van der Waals surface area contributed by atoms with Crippen LogP contribution in [0.2, 0.25) is 0 Å². The molecule has 0 bridgehead atoms. The van der Waals surface area contributed by atoms with Gasteiger partial charge in [0.25, 0.3) is 0 Å². The standard InChI is InChI=1S/C18H17N3OS/c1-20-18-8-13(16-9-15(22)6-4-14(16)10-19)5-7-17(18)21(23-20)11-12-2-3-12/h4-9,12,22H,2-3,11H2,1H3. The van der Waals surface area contributed by atoms with Crippen molar-refractivity contribution in [1.82, 2.24) is 0 Å². The molecule has 1 saturated carbocycles. The first-order chi connectivity index (χ1) is 11.2. The molecule has 4 rings (SSSR count). The predicted octanol–water partition coefficient (Wildman–Crippen LogP) is 4.16. The molecule has 0 unspecified atom stereocenters. The van der Waals surface area contributed by atoms with Gasteiger partial charge in [-0.2, -0.15) is 5.26 Å². The van der Waals surface area contributed by atoms with E-state index < -0.39 is 0 Å². The van der Waals surface area contributed by atoms with Crippen LogP contribution in [0.4, 0.5) is 11.4 Å². The second kappa shape index (κ2) is 5.39.